The van der Waals surface area contributed by atoms with E-state index >= 15 is 0 Å². The van der Waals surface area contributed by atoms with Crippen molar-refractivity contribution in [3.8, 4) is 11.5 Å². The van der Waals surface area contributed by atoms with Crippen LogP contribution >= 0.6 is 23.2 Å². The van der Waals surface area contributed by atoms with E-state index in [2.05, 4.69) is 10.3 Å². The van der Waals surface area contributed by atoms with E-state index in [-0.39, 0.29) is 17.5 Å². The minimum atomic E-state index is -0.917. The highest BCUT2D eigenvalue weighted by Crippen LogP contribution is 2.29. The molecule has 104 valence electrons. The largest absolute Gasteiger partial charge is 0.419 e. The van der Waals surface area contributed by atoms with Crippen LogP contribution in [0.25, 0.3) is 11.5 Å². The molecule has 0 atom stereocenters. The van der Waals surface area contributed by atoms with Gasteiger partial charge in [0.2, 0.25) is 11.8 Å². The molecule has 5 N–H and O–H groups in total. The highest BCUT2D eigenvalue weighted by Gasteiger charge is 2.20. The molecule has 1 aromatic heterocycles. The topological polar surface area (TPSA) is 124 Å². The summed E-state index contributed by atoms with van der Waals surface area (Å²) in [5, 5.41) is 2.83. The summed E-state index contributed by atoms with van der Waals surface area (Å²) in [4.78, 5) is 26.0. The number of benzene rings is 1. The average molecular weight is 315 g/mol. The van der Waals surface area contributed by atoms with Gasteiger partial charge in [-0.15, -0.1) is 0 Å². The zero-order valence-corrected chi connectivity index (χ0v) is 11.3. The first-order valence-electron chi connectivity index (χ1n) is 5.20. The highest BCUT2D eigenvalue weighted by molar-refractivity contribution is 6.35. The van der Waals surface area contributed by atoms with Crippen molar-refractivity contribution in [2.24, 2.45) is 11.5 Å². The second-order valence-corrected chi connectivity index (χ2v) is 4.58. The fourth-order valence-electron chi connectivity index (χ4n) is 1.48. The Balaban J connectivity index is 2.52. The standard InChI is InChI=1S/C11H8Cl2N4O3/c12-5-1-4(2-6(13)3-5)9-16-7(8(14)18)10(20-9)17-11(15)19/h1-3H,(H2,14,18)(H3,15,17,19). The van der Waals surface area contributed by atoms with Crippen molar-refractivity contribution >= 4 is 41.0 Å². The number of hydrogen-bond acceptors (Lipinski definition) is 4. The maximum Gasteiger partial charge on any atom is 0.319 e. The van der Waals surface area contributed by atoms with Gasteiger partial charge in [-0.2, -0.15) is 0 Å². The van der Waals surface area contributed by atoms with Crippen molar-refractivity contribution in [3.63, 3.8) is 0 Å². The minimum Gasteiger partial charge on any atom is -0.419 e. The lowest BCUT2D eigenvalue weighted by molar-refractivity contribution is 0.0996. The summed E-state index contributed by atoms with van der Waals surface area (Å²) in [5.41, 5.74) is 10.3. The number of amides is 3. The van der Waals surface area contributed by atoms with Crippen LogP contribution in [0.1, 0.15) is 10.5 Å². The Hall–Kier alpha value is -2.25. The summed E-state index contributed by atoms with van der Waals surface area (Å²) in [7, 11) is 0. The number of primary amides is 2. The summed E-state index contributed by atoms with van der Waals surface area (Å²) in [6.07, 6.45) is 0. The molecule has 0 unspecified atom stereocenters. The van der Waals surface area contributed by atoms with E-state index in [1.54, 1.807) is 0 Å². The van der Waals surface area contributed by atoms with Crippen LogP contribution in [0.3, 0.4) is 0 Å². The normalized spacial score (nSPS) is 10.3. The van der Waals surface area contributed by atoms with Gasteiger partial charge in [0.05, 0.1) is 0 Å². The van der Waals surface area contributed by atoms with Gasteiger partial charge in [0.15, 0.2) is 5.69 Å². The predicted molar refractivity (Wildman–Crippen MR) is 73.7 cm³/mol. The maximum atomic E-state index is 11.2. The fraction of sp³-hybridized carbons (Fsp3) is 0. The van der Waals surface area contributed by atoms with Crippen LogP contribution in [-0.4, -0.2) is 16.9 Å². The number of aromatic nitrogens is 1. The number of carbonyl (C=O) groups excluding carboxylic acids is 2. The third-order valence-electron chi connectivity index (χ3n) is 2.21. The quantitative estimate of drug-likeness (QED) is 0.803. The predicted octanol–water partition coefficient (Wildman–Crippen LogP) is 2.24. The first-order valence-corrected chi connectivity index (χ1v) is 5.96. The van der Waals surface area contributed by atoms with Crippen molar-refractivity contribution in [1.29, 1.82) is 0 Å². The zero-order valence-electron chi connectivity index (χ0n) is 9.81. The molecule has 2 rings (SSSR count). The molecule has 2 aromatic rings. The molecule has 0 spiro atoms. The van der Waals surface area contributed by atoms with Gasteiger partial charge in [-0.1, -0.05) is 23.2 Å². The van der Waals surface area contributed by atoms with Crippen LogP contribution in [0, 0.1) is 0 Å². The van der Waals surface area contributed by atoms with Gasteiger partial charge in [-0.3, -0.25) is 10.1 Å². The maximum absolute atomic E-state index is 11.2. The lowest BCUT2D eigenvalue weighted by Gasteiger charge is -1.98. The Labute approximate surface area is 122 Å². The Morgan fingerprint density at radius 2 is 1.75 bits per heavy atom. The number of urea groups is 1. The second-order valence-electron chi connectivity index (χ2n) is 3.71. The molecule has 0 bridgehead atoms. The number of nitrogens with zero attached hydrogens (tertiary/aromatic N) is 1. The molecule has 0 fully saturated rings. The highest BCUT2D eigenvalue weighted by atomic mass is 35.5. The van der Waals surface area contributed by atoms with Gasteiger partial charge in [0.1, 0.15) is 0 Å². The number of rotatable bonds is 3. The van der Waals surface area contributed by atoms with Crippen molar-refractivity contribution < 1.29 is 14.0 Å². The zero-order chi connectivity index (χ0) is 14.9. The van der Waals surface area contributed by atoms with E-state index < -0.39 is 11.9 Å². The molecule has 0 aliphatic rings. The Morgan fingerprint density at radius 3 is 2.25 bits per heavy atom. The van der Waals surface area contributed by atoms with Gasteiger partial charge in [0.25, 0.3) is 5.91 Å². The lowest BCUT2D eigenvalue weighted by Crippen LogP contribution is -2.22. The second kappa shape index (κ2) is 5.40. The van der Waals surface area contributed by atoms with Crippen molar-refractivity contribution in [3.05, 3.63) is 33.9 Å². The molecule has 0 aliphatic heterocycles. The van der Waals surface area contributed by atoms with Crippen LogP contribution in [0.2, 0.25) is 10.0 Å². The average Bonchev–Trinajstić information content (AvgIpc) is 2.70. The lowest BCUT2D eigenvalue weighted by atomic mass is 10.2. The molecule has 9 heteroatoms. The molecule has 20 heavy (non-hydrogen) atoms. The first-order chi connectivity index (χ1) is 9.36. The third-order valence-corrected chi connectivity index (χ3v) is 2.64. The minimum absolute atomic E-state index is 0.0203. The van der Waals surface area contributed by atoms with Gasteiger partial charge in [0, 0.05) is 15.6 Å². The Morgan fingerprint density at radius 1 is 1.15 bits per heavy atom. The molecule has 0 radical (unpaired) electrons. The molecular weight excluding hydrogens is 307 g/mol. The number of anilines is 1. The van der Waals surface area contributed by atoms with E-state index in [1.165, 1.54) is 18.2 Å². The van der Waals surface area contributed by atoms with E-state index in [0.29, 0.717) is 15.6 Å². The fourth-order valence-corrected chi connectivity index (χ4v) is 2.01. The molecule has 1 heterocycles. The van der Waals surface area contributed by atoms with Crippen LogP contribution in [0.4, 0.5) is 10.7 Å². The van der Waals surface area contributed by atoms with E-state index in [9.17, 15) is 9.59 Å². The smallest absolute Gasteiger partial charge is 0.319 e. The van der Waals surface area contributed by atoms with Crippen LogP contribution < -0.4 is 16.8 Å². The molecule has 0 saturated heterocycles. The number of oxazole rings is 1. The summed E-state index contributed by atoms with van der Waals surface area (Å²) >= 11 is 11.7. The van der Waals surface area contributed by atoms with Crippen molar-refractivity contribution in [2.45, 2.75) is 0 Å². The van der Waals surface area contributed by atoms with Gasteiger partial charge < -0.3 is 15.9 Å². The summed E-state index contributed by atoms with van der Waals surface area (Å²) < 4.78 is 5.24. The molecule has 0 aliphatic carbocycles. The van der Waals surface area contributed by atoms with E-state index in [0.717, 1.165) is 0 Å². The van der Waals surface area contributed by atoms with Crippen molar-refractivity contribution in [2.75, 3.05) is 5.32 Å². The third kappa shape index (κ3) is 3.01. The number of carbonyl (C=O) groups is 2. The Bertz CT molecular complexity index is 679. The number of hydrogen-bond donors (Lipinski definition) is 3. The van der Waals surface area contributed by atoms with Crippen LogP contribution in [-0.2, 0) is 0 Å². The monoisotopic (exact) mass is 314 g/mol. The SMILES string of the molecule is NC(=O)Nc1oc(-c2cc(Cl)cc(Cl)c2)nc1C(N)=O. The first kappa shape index (κ1) is 14.2. The van der Waals surface area contributed by atoms with Gasteiger partial charge >= 0.3 is 6.03 Å². The summed E-state index contributed by atoms with van der Waals surface area (Å²) in [6, 6.07) is 3.66. The molecule has 3 amide bonds. The van der Waals surface area contributed by atoms with Gasteiger partial charge in [-0.25, -0.2) is 9.78 Å². The number of nitrogens with two attached hydrogens (primary N) is 2. The Kier molecular flexibility index (Phi) is 3.82. The molecule has 0 saturated carbocycles. The summed E-state index contributed by atoms with van der Waals surface area (Å²) in [6.45, 7) is 0. The summed E-state index contributed by atoms with van der Waals surface area (Å²) in [5.74, 6) is -1.10. The molecule has 1 aromatic carbocycles. The number of halogens is 2. The van der Waals surface area contributed by atoms with Crippen LogP contribution in [0.5, 0.6) is 0 Å². The van der Waals surface area contributed by atoms with E-state index in [4.69, 9.17) is 39.1 Å². The van der Waals surface area contributed by atoms with Crippen LogP contribution in [0.15, 0.2) is 22.6 Å². The number of nitrogens with one attached hydrogen (secondary N) is 1. The van der Waals surface area contributed by atoms with Gasteiger partial charge in [-0.05, 0) is 18.2 Å². The van der Waals surface area contributed by atoms with E-state index in [1.807, 2.05) is 0 Å². The van der Waals surface area contributed by atoms with Crippen molar-refractivity contribution in [1.82, 2.24) is 4.98 Å². The molecule has 7 nitrogen and oxygen atoms in total. The molecular formula is C11H8Cl2N4O3.